The Morgan fingerprint density at radius 3 is 2.76 bits per heavy atom. The fourth-order valence-electron chi connectivity index (χ4n) is 1.58. The van der Waals surface area contributed by atoms with Crippen molar-refractivity contribution in [2.75, 3.05) is 40.4 Å². The van der Waals surface area contributed by atoms with Gasteiger partial charge >= 0.3 is 0 Å². The predicted molar refractivity (Wildman–Crippen MR) is 87.9 cm³/mol. The summed E-state index contributed by atoms with van der Waals surface area (Å²) in [5, 5.41) is 3.79. The first kappa shape index (κ1) is 18.0. The fraction of sp³-hybridized carbons (Fsp3) is 0.400. The summed E-state index contributed by atoms with van der Waals surface area (Å²) in [5.41, 5.74) is 0.830. The largest absolute Gasteiger partial charge is 0.383 e. The van der Waals surface area contributed by atoms with Crippen LogP contribution < -0.4 is 5.32 Å². The molecule has 0 radical (unpaired) electrons. The molecule has 116 valence electrons. The van der Waals surface area contributed by atoms with Crippen LogP contribution in [-0.2, 0) is 9.53 Å². The number of nitrogens with one attached hydrogen (secondary N) is 1. The van der Waals surface area contributed by atoms with Crippen LogP contribution in [0, 0.1) is 0 Å². The molecule has 21 heavy (non-hydrogen) atoms. The van der Waals surface area contributed by atoms with Gasteiger partial charge in [0.2, 0.25) is 5.91 Å². The van der Waals surface area contributed by atoms with Crippen molar-refractivity contribution in [2.24, 2.45) is 0 Å². The second-order valence-corrected chi connectivity index (χ2v) is 5.41. The molecule has 0 aromatic heterocycles. The predicted octanol–water partition coefficient (Wildman–Crippen LogP) is 2.70. The summed E-state index contributed by atoms with van der Waals surface area (Å²) in [6, 6.07) is 5.22. The molecule has 0 saturated carbocycles. The van der Waals surface area contributed by atoms with Crippen LogP contribution in [0.25, 0.3) is 6.08 Å². The highest BCUT2D eigenvalue weighted by Gasteiger charge is 2.00. The third kappa shape index (κ3) is 7.48. The first-order chi connectivity index (χ1) is 10.0. The molecule has 1 amide bonds. The zero-order chi connectivity index (χ0) is 15.7. The number of ether oxygens (including phenoxy) is 1. The van der Waals surface area contributed by atoms with Crippen LogP contribution in [0.1, 0.15) is 5.56 Å². The van der Waals surface area contributed by atoms with Gasteiger partial charge in [-0.25, -0.2) is 0 Å². The third-order valence-electron chi connectivity index (χ3n) is 2.84. The van der Waals surface area contributed by atoms with Gasteiger partial charge in [0.1, 0.15) is 0 Å². The fourth-order valence-corrected chi connectivity index (χ4v) is 1.88. The molecule has 0 aliphatic carbocycles. The highest BCUT2D eigenvalue weighted by Crippen LogP contribution is 2.22. The van der Waals surface area contributed by atoms with Gasteiger partial charge in [0, 0.05) is 32.8 Å². The molecule has 4 nitrogen and oxygen atoms in total. The van der Waals surface area contributed by atoms with Gasteiger partial charge in [0.05, 0.1) is 16.7 Å². The van der Waals surface area contributed by atoms with E-state index >= 15 is 0 Å². The number of carbonyl (C=O) groups is 1. The minimum absolute atomic E-state index is 0.138. The lowest BCUT2D eigenvalue weighted by molar-refractivity contribution is -0.116. The minimum atomic E-state index is -0.138. The van der Waals surface area contributed by atoms with Gasteiger partial charge in [-0.2, -0.15) is 0 Å². The molecule has 1 aromatic rings. The summed E-state index contributed by atoms with van der Waals surface area (Å²) in [5.74, 6) is -0.138. The lowest BCUT2D eigenvalue weighted by Gasteiger charge is -2.15. The van der Waals surface area contributed by atoms with Crippen molar-refractivity contribution in [3.8, 4) is 0 Å². The summed E-state index contributed by atoms with van der Waals surface area (Å²) < 4.78 is 4.99. The highest BCUT2D eigenvalue weighted by molar-refractivity contribution is 6.42. The van der Waals surface area contributed by atoms with Crippen LogP contribution in [-0.4, -0.2) is 51.2 Å². The number of benzene rings is 1. The summed E-state index contributed by atoms with van der Waals surface area (Å²) >= 11 is 11.7. The molecular weight excluding hydrogens is 311 g/mol. The molecule has 0 saturated heterocycles. The van der Waals surface area contributed by atoms with Crippen LogP contribution >= 0.6 is 23.2 Å². The number of nitrogens with zero attached hydrogens (tertiary/aromatic N) is 1. The molecule has 1 rings (SSSR count). The number of amides is 1. The van der Waals surface area contributed by atoms with E-state index < -0.39 is 0 Å². The number of rotatable bonds is 8. The average Bonchev–Trinajstić information content (AvgIpc) is 2.46. The Hall–Kier alpha value is -1.07. The van der Waals surface area contributed by atoms with Crippen LogP contribution in [0.3, 0.4) is 0 Å². The number of hydrogen-bond acceptors (Lipinski definition) is 3. The molecular formula is C15H20Cl2N2O2. The monoisotopic (exact) mass is 330 g/mol. The first-order valence-electron chi connectivity index (χ1n) is 6.61. The van der Waals surface area contributed by atoms with Crippen LogP contribution in [0.5, 0.6) is 0 Å². The van der Waals surface area contributed by atoms with Crippen LogP contribution in [0.2, 0.25) is 10.0 Å². The molecule has 1 N–H and O–H groups in total. The van der Waals surface area contributed by atoms with Gasteiger partial charge in [-0.15, -0.1) is 0 Å². The van der Waals surface area contributed by atoms with Crippen LogP contribution in [0.4, 0.5) is 0 Å². The number of methoxy groups -OCH3 is 1. The minimum Gasteiger partial charge on any atom is -0.383 e. The maximum Gasteiger partial charge on any atom is 0.244 e. The van der Waals surface area contributed by atoms with E-state index in [1.165, 1.54) is 6.08 Å². The molecule has 0 unspecified atom stereocenters. The standard InChI is InChI=1S/C15H20Cl2N2O2/c1-19(9-10-21-2)8-7-18-15(20)6-4-12-3-5-13(16)14(17)11-12/h3-6,11H,7-10H2,1-2H3,(H,18,20). The van der Waals surface area contributed by atoms with Crippen molar-refractivity contribution in [2.45, 2.75) is 0 Å². The molecule has 0 bridgehead atoms. The normalized spacial score (nSPS) is 11.3. The maximum absolute atomic E-state index is 11.7. The zero-order valence-electron chi connectivity index (χ0n) is 12.2. The van der Waals surface area contributed by atoms with E-state index in [0.717, 1.165) is 18.7 Å². The van der Waals surface area contributed by atoms with Crippen molar-refractivity contribution in [1.82, 2.24) is 10.2 Å². The molecule has 0 aliphatic heterocycles. The van der Waals surface area contributed by atoms with E-state index in [1.807, 2.05) is 7.05 Å². The number of hydrogen-bond donors (Lipinski definition) is 1. The second-order valence-electron chi connectivity index (χ2n) is 4.59. The van der Waals surface area contributed by atoms with E-state index in [4.69, 9.17) is 27.9 Å². The summed E-state index contributed by atoms with van der Waals surface area (Å²) in [6.45, 7) is 2.88. The van der Waals surface area contributed by atoms with Gasteiger partial charge in [-0.05, 0) is 30.8 Å². The maximum atomic E-state index is 11.7. The van der Waals surface area contributed by atoms with Crippen molar-refractivity contribution in [1.29, 1.82) is 0 Å². The Balaban J connectivity index is 2.33. The number of halogens is 2. The Bertz CT molecular complexity index is 493. The third-order valence-corrected chi connectivity index (χ3v) is 3.58. The van der Waals surface area contributed by atoms with Crippen molar-refractivity contribution < 1.29 is 9.53 Å². The summed E-state index contributed by atoms with van der Waals surface area (Å²) in [4.78, 5) is 13.8. The van der Waals surface area contributed by atoms with Gasteiger partial charge < -0.3 is 15.0 Å². The smallest absolute Gasteiger partial charge is 0.244 e. The van der Waals surface area contributed by atoms with Gasteiger partial charge in [0.25, 0.3) is 0 Å². The Kier molecular flexibility index (Phi) is 8.38. The van der Waals surface area contributed by atoms with Crippen molar-refractivity contribution in [3.63, 3.8) is 0 Å². The quantitative estimate of drug-likeness (QED) is 0.745. The van der Waals surface area contributed by atoms with Gasteiger partial charge in [0.15, 0.2) is 0 Å². The first-order valence-corrected chi connectivity index (χ1v) is 7.37. The molecule has 0 aliphatic rings. The van der Waals surface area contributed by atoms with Gasteiger partial charge in [-0.1, -0.05) is 29.3 Å². The second kappa shape index (κ2) is 9.79. The molecule has 0 atom stereocenters. The average molecular weight is 331 g/mol. The van der Waals surface area contributed by atoms with E-state index in [-0.39, 0.29) is 5.91 Å². The molecule has 1 aromatic carbocycles. The number of carbonyl (C=O) groups excluding carboxylic acids is 1. The van der Waals surface area contributed by atoms with Crippen LogP contribution in [0.15, 0.2) is 24.3 Å². The topological polar surface area (TPSA) is 41.6 Å². The van der Waals surface area contributed by atoms with E-state index in [2.05, 4.69) is 10.2 Å². The Labute approximate surface area is 135 Å². The summed E-state index contributed by atoms with van der Waals surface area (Å²) in [7, 11) is 3.65. The Morgan fingerprint density at radius 1 is 1.33 bits per heavy atom. The lowest BCUT2D eigenvalue weighted by atomic mass is 10.2. The number of likely N-dealkylation sites (N-methyl/N-ethyl adjacent to an activating group) is 1. The molecule has 0 heterocycles. The molecule has 0 fully saturated rings. The lowest BCUT2D eigenvalue weighted by Crippen LogP contribution is -2.33. The van der Waals surface area contributed by atoms with E-state index in [9.17, 15) is 4.79 Å². The van der Waals surface area contributed by atoms with Crippen molar-refractivity contribution >= 4 is 35.2 Å². The van der Waals surface area contributed by atoms with E-state index in [0.29, 0.717) is 23.2 Å². The highest BCUT2D eigenvalue weighted by atomic mass is 35.5. The van der Waals surface area contributed by atoms with Crippen molar-refractivity contribution in [3.05, 3.63) is 39.9 Å². The van der Waals surface area contributed by atoms with E-state index in [1.54, 1.807) is 31.4 Å². The van der Waals surface area contributed by atoms with Gasteiger partial charge in [-0.3, -0.25) is 4.79 Å². The molecule has 6 heteroatoms. The Morgan fingerprint density at radius 2 is 2.10 bits per heavy atom. The zero-order valence-corrected chi connectivity index (χ0v) is 13.7. The summed E-state index contributed by atoms with van der Waals surface area (Å²) in [6.07, 6.45) is 3.18. The molecule has 0 spiro atoms. The SMILES string of the molecule is COCCN(C)CCNC(=O)C=Cc1ccc(Cl)c(Cl)c1.